The van der Waals surface area contributed by atoms with Crippen molar-refractivity contribution in [3.63, 3.8) is 0 Å². The summed E-state index contributed by atoms with van der Waals surface area (Å²) in [4.78, 5) is 2.48. The molecule has 1 aliphatic rings. The molecule has 1 aliphatic heterocycles. The highest BCUT2D eigenvalue weighted by molar-refractivity contribution is 6.30. The first-order chi connectivity index (χ1) is 9.37. The van der Waals surface area contributed by atoms with Crippen molar-refractivity contribution >= 4 is 17.3 Å². The molecule has 0 atom stereocenters. The molecule has 0 aromatic heterocycles. The van der Waals surface area contributed by atoms with Crippen LogP contribution in [-0.4, -0.2) is 19.6 Å². The smallest absolute Gasteiger partial charge is 0.0426 e. The van der Waals surface area contributed by atoms with Gasteiger partial charge in [-0.05, 0) is 42.0 Å². The number of hydrogen-bond donors (Lipinski definition) is 1. The lowest BCUT2D eigenvalue weighted by Gasteiger charge is -2.25. The Labute approximate surface area is 128 Å². The molecular formula is C17H27ClN2. The zero-order chi connectivity index (χ0) is 14.8. The lowest BCUT2D eigenvalue weighted by molar-refractivity contribution is 0.418. The Morgan fingerprint density at radius 1 is 1.35 bits per heavy atom. The van der Waals surface area contributed by atoms with Crippen molar-refractivity contribution in [1.29, 1.82) is 0 Å². The molecule has 0 unspecified atom stereocenters. The first kappa shape index (κ1) is 15.7. The van der Waals surface area contributed by atoms with E-state index in [1.54, 1.807) is 0 Å². The number of halogens is 1. The van der Waals surface area contributed by atoms with Gasteiger partial charge in [-0.1, -0.05) is 45.4 Å². The van der Waals surface area contributed by atoms with Gasteiger partial charge < -0.3 is 10.2 Å². The zero-order valence-corrected chi connectivity index (χ0v) is 13.9. The molecular weight excluding hydrogens is 268 g/mol. The van der Waals surface area contributed by atoms with E-state index in [0.717, 1.165) is 31.2 Å². The Bertz CT molecular complexity index is 454. The van der Waals surface area contributed by atoms with Gasteiger partial charge in [0.15, 0.2) is 0 Å². The number of benzene rings is 1. The summed E-state index contributed by atoms with van der Waals surface area (Å²) in [7, 11) is 0. The highest BCUT2D eigenvalue weighted by Gasteiger charge is 2.30. The molecule has 0 amide bonds. The predicted molar refractivity (Wildman–Crippen MR) is 88.6 cm³/mol. The van der Waals surface area contributed by atoms with Gasteiger partial charge >= 0.3 is 0 Å². The Kier molecular flexibility index (Phi) is 4.98. The van der Waals surface area contributed by atoms with E-state index in [1.165, 1.54) is 17.7 Å². The van der Waals surface area contributed by atoms with Crippen LogP contribution >= 0.6 is 11.6 Å². The zero-order valence-electron chi connectivity index (χ0n) is 13.2. The van der Waals surface area contributed by atoms with E-state index in [9.17, 15) is 0 Å². The number of anilines is 1. The van der Waals surface area contributed by atoms with Gasteiger partial charge in [0.2, 0.25) is 0 Å². The van der Waals surface area contributed by atoms with E-state index in [1.807, 2.05) is 6.07 Å². The Balaban J connectivity index is 2.12. The third-order valence-corrected chi connectivity index (χ3v) is 4.17. The monoisotopic (exact) mass is 294 g/mol. The minimum Gasteiger partial charge on any atom is -0.371 e. The van der Waals surface area contributed by atoms with Gasteiger partial charge in [-0.3, -0.25) is 0 Å². The van der Waals surface area contributed by atoms with E-state index < -0.39 is 0 Å². The molecule has 1 aromatic carbocycles. The van der Waals surface area contributed by atoms with Crippen LogP contribution in [0.5, 0.6) is 0 Å². The first-order valence-corrected chi connectivity index (χ1v) is 7.99. The van der Waals surface area contributed by atoms with Crippen molar-refractivity contribution in [3.8, 4) is 0 Å². The first-order valence-electron chi connectivity index (χ1n) is 7.61. The summed E-state index contributed by atoms with van der Waals surface area (Å²) in [5.74, 6) is 0.677. The highest BCUT2D eigenvalue weighted by Crippen LogP contribution is 2.35. The van der Waals surface area contributed by atoms with Gasteiger partial charge in [0.25, 0.3) is 0 Å². The normalized spacial score (nSPS) is 18.0. The van der Waals surface area contributed by atoms with Crippen LogP contribution in [0.15, 0.2) is 18.2 Å². The SMILES string of the molecule is CC(C)CNCc1ccc(Cl)cc1N1CCC(C)(C)C1. The maximum absolute atomic E-state index is 6.20. The van der Waals surface area contributed by atoms with E-state index in [4.69, 9.17) is 11.6 Å². The Morgan fingerprint density at radius 3 is 2.70 bits per heavy atom. The van der Waals surface area contributed by atoms with Gasteiger partial charge in [-0.25, -0.2) is 0 Å². The Morgan fingerprint density at radius 2 is 2.10 bits per heavy atom. The highest BCUT2D eigenvalue weighted by atomic mass is 35.5. The lowest BCUT2D eigenvalue weighted by Crippen LogP contribution is -2.26. The molecule has 1 heterocycles. The third kappa shape index (κ3) is 4.13. The molecule has 1 N–H and O–H groups in total. The average molecular weight is 295 g/mol. The summed E-state index contributed by atoms with van der Waals surface area (Å²) in [6, 6.07) is 6.28. The molecule has 0 saturated carbocycles. The molecule has 1 aromatic rings. The maximum atomic E-state index is 6.20. The van der Waals surface area contributed by atoms with Crippen LogP contribution in [0.25, 0.3) is 0 Å². The van der Waals surface area contributed by atoms with E-state index in [2.05, 4.69) is 50.0 Å². The fourth-order valence-corrected chi connectivity index (χ4v) is 2.96. The van der Waals surface area contributed by atoms with Crippen molar-refractivity contribution in [2.24, 2.45) is 11.3 Å². The van der Waals surface area contributed by atoms with E-state index >= 15 is 0 Å². The van der Waals surface area contributed by atoms with Gasteiger partial charge in [0.05, 0.1) is 0 Å². The summed E-state index contributed by atoms with van der Waals surface area (Å²) in [6.45, 7) is 13.4. The van der Waals surface area contributed by atoms with Gasteiger partial charge in [-0.2, -0.15) is 0 Å². The van der Waals surface area contributed by atoms with Crippen molar-refractivity contribution < 1.29 is 0 Å². The third-order valence-electron chi connectivity index (χ3n) is 3.93. The molecule has 112 valence electrons. The van der Waals surface area contributed by atoms with Crippen LogP contribution in [0.4, 0.5) is 5.69 Å². The van der Waals surface area contributed by atoms with Gasteiger partial charge in [0, 0.05) is 30.3 Å². The second-order valence-electron chi connectivity index (χ2n) is 7.13. The molecule has 0 bridgehead atoms. The number of nitrogens with zero attached hydrogens (tertiary/aromatic N) is 1. The predicted octanol–water partition coefficient (Wildman–Crippen LogP) is 4.32. The molecule has 1 fully saturated rings. The number of rotatable bonds is 5. The number of hydrogen-bond acceptors (Lipinski definition) is 2. The molecule has 2 rings (SSSR count). The van der Waals surface area contributed by atoms with Crippen molar-refractivity contribution in [3.05, 3.63) is 28.8 Å². The standard InChI is InChI=1S/C17H27ClN2/c1-13(2)10-19-11-14-5-6-15(18)9-16(14)20-8-7-17(3,4)12-20/h5-6,9,13,19H,7-8,10-12H2,1-4H3. The van der Waals surface area contributed by atoms with Crippen molar-refractivity contribution in [2.45, 2.75) is 40.7 Å². The summed E-state index contributed by atoms with van der Waals surface area (Å²) >= 11 is 6.20. The lowest BCUT2D eigenvalue weighted by atomic mass is 9.93. The fraction of sp³-hybridized carbons (Fsp3) is 0.647. The topological polar surface area (TPSA) is 15.3 Å². The molecule has 0 spiro atoms. The van der Waals surface area contributed by atoms with Crippen LogP contribution in [0.3, 0.4) is 0 Å². The van der Waals surface area contributed by atoms with Crippen LogP contribution in [0, 0.1) is 11.3 Å². The van der Waals surface area contributed by atoms with Crippen LogP contribution in [0.1, 0.15) is 39.7 Å². The van der Waals surface area contributed by atoms with Gasteiger partial charge in [-0.15, -0.1) is 0 Å². The van der Waals surface area contributed by atoms with Crippen molar-refractivity contribution in [1.82, 2.24) is 5.32 Å². The molecule has 20 heavy (non-hydrogen) atoms. The molecule has 2 nitrogen and oxygen atoms in total. The van der Waals surface area contributed by atoms with Crippen LogP contribution < -0.4 is 10.2 Å². The van der Waals surface area contributed by atoms with Crippen LogP contribution in [-0.2, 0) is 6.54 Å². The second-order valence-corrected chi connectivity index (χ2v) is 7.57. The molecule has 1 saturated heterocycles. The minimum absolute atomic E-state index is 0.408. The molecule has 3 heteroatoms. The summed E-state index contributed by atoms with van der Waals surface area (Å²) in [5, 5.41) is 4.37. The minimum atomic E-state index is 0.408. The maximum Gasteiger partial charge on any atom is 0.0426 e. The summed E-state index contributed by atoms with van der Waals surface area (Å²) in [6.07, 6.45) is 1.25. The summed E-state index contributed by atoms with van der Waals surface area (Å²) < 4.78 is 0. The Hall–Kier alpha value is -0.730. The molecule has 0 aliphatic carbocycles. The quantitative estimate of drug-likeness (QED) is 0.870. The number of nitrogens with one attached hydrogen (secondary N) is 1. The summed E-state index contributed by atoms with van der Waals surface area (Å²) in [5.41, 5.74) is 3.07. The average Bonchev–Trinajstić information content (AvgIpc) is 2.71. The van der Waals surface area contributed by atoms with Crippen LogP contribution in [0.2, 0.25) is 5.02 Å². The van der Waals surface area contributed by atoms with Gasteiger partial charge in [0.1, 0.15) is 0 Å². The van der Waals surface area contributed by atoms with E-state index in [-0.39, 0.29) is 0 Å². The largest absolute Gasteiger partial charge is 0.371 e. The second kappa shape index (κ2) is 6.36. The fourth-order valence-electron chi connectivity index (χ4n) is 2.79. The molecule has 0 radical (unpaired) electrons. The van der Waals surface area contributed by atoms with Crippen molar-refractivity contribution in [2.75, 3.05) is 24.5 Å². The van der Waals surface area contributed by atoms with E-state index in [0.29, 0.717) is 11.3 Å².